The molecule has 0 radical (unpaired) electrons. The molecule has 1 aromatic rings. The first-order chi connectivity index (χ1) is 9.87. The first kappa shape index (κ1) is 16.5. The maximum atomic E-state index is 12.9. The van der Waals surface area contributed by atoms with Crippen LogP contribution in [0.5, 0.6) is 0 Å². The molecule has 118 valence electrons. The molecule has 0 saturated heterocycles. The van der Waals surface area contributed by atoms with Gasteiger partial charge in [0.05, 0.1) is 4.90 Å². The van der Waals surface area contributed by atoms with Crippen molar-refractivity contribution < 1.29 is 8.42 Å². The zero-order chi connectivity index (χ0) is 15.6. The molecule has 0 bridgehead atoms. The molecule has 5 heteroatoms. The molecule has 0 aromatic heterocycles. The van der Waals surface area contributed by atoms with E-state index in [4.69, 9.17) is 0 Å². The molecule has 2 rings (SSSR count). The molecule has 0 spiro atoms. The van der Waals surface area contributed by atoms with E-state index in [0.29, 0.717) is 11.4 Å². The molecule has 1 aromatic carbocycles. The Bertz CT molecular complexity index is 607. The monoisotopic (exact) mass is 310 g/mol. The van der Waals surface area contributed by atoms with Gasteiger partial charge in [-0.05, 0) is 56.0 Å². The number of sulfonamides is 1. The van der Waals surface area contributed by atoms with Crippen LogP contribution >= 0.6 is 0 Å². The molecule has 1 aliphatic carbocycles. The van der Waals surface area contributed by atoms with Crippen molar-refractivity contribution in [3.05, 3.63) is 28.8 Å². The molecular weight excluding hydrogens is 284 g/mol. The van der Waals surface area contributed by atoms with Crippen LogP contribution in [0.1, 0.15) is 42.9 Å². The first-order valence-electron chi connectivity index (χ1n) is 7.66. The van der Waals surface area contributed by atoms with Crippen LogP contribution in [0.15, 0.2) is 17.0 Å². The highest BCUT2D eigenvalue weighted by molar-refractivity contribution is 7.89. The lowest BCUT2D eigenvalue weighted by molar-refractivity contribution is 0.249. The highest BCUT2D eigenvalue weighted by Gasteiger charge is 2.32. The van der Waals surface area contributed by atoms with Crippen molar-refractivity contribution in [2.45, 2.75) is 57.5 Å². The maximum Gasteiger partial charge on any atom is 0.243 e. The smallest absolute Gasteiger partial charge is 0.243 e. The van der Waals surface area contributed by atoms with Gasteiger partial charge < -0.3 is 5.32 Å². The van der Waals surface area contributed by atoms with E-state index in [-0.39, 0.29) is 6.04 Å². The van der Waals surface area contributed by atoms with E-state index in [1.807, 2.05) is 26.8 Å². The minimum Gasteiger partial charge on any atom is -0.313 e. The second-order valence-corrected chi connectivity index (χ2v) is 7.89. The maximum absolute atomic E-state index is 12.9. The lowest BCUT2D eigenvalue weighted by atomic mass is 9.94. The SMILES string of the molecule is CCNCc1cc(C)c(C)c(S(=O)(=O)N(C)C2CCC2)c1. The van der Waals surface area contributed by atoms with Crippen LogP contribution in [0.2, 0.25) is 0 Å². The third-order valence-corrected chi connectivity index (χ3v) is 6.54. The van der Waals surface area contributed by atoms with Gasteiger partial charge in [-0.1, -0.05) is 19.4 Å². The molecule has 1 aliphatic rings. The third kappa shape index (κ3) is 3.30. The van der Waals surface area contributed by atoms with Gasteiger partial charge in [0.15, 0.2) is 0 Å². The van der Waals surface area contributed by atoms with E-state index in [1.165, 1.54) is 0 Å². The average molecular weight is 310 g/mol. The van der Waals surface area contributed by atoms with Crippen molar-refractivity contribution in [1.29, 1.82) is 0 Å². The van der Waals surface area contributed by atoms with Gasteiger partial charge >= 0.3 is 0 Å². The van der Waals surface area contributed by atoms with Crippen LogP contribution in [-0.4, -0.2) is 32.4 Å². The quantitative estimate of drug-likeness (QED) is 0.878. The Morgan fingerprint density at radius 3 is 2.48 bits per heavy atom. The predicted molar refractivity (Wildman–Crippen MR) is 85.9 cm³/mol. The summed E-state index contributed by atoms with van der Waals surface area (Å²) in [5.41, 5.74) is 2.92. The van der Waals surface area contributed by atoms with Crippen molar-refractivity contribution >= 4 is 10.0 Å². The van der Waals surface area contributed by atoms with E-state index < -0.39 is 10.0 Å². The normalized spacial score (nSPS) is 16.2. The third-order valence-electron chi connectivity index (χ3n) is 4.50. The Balaban J connectivity index is 2.38. The minimum atomic E-state index is -3.39. The molecular formula is C16H26N2O2S. The fourth-order valence-electron chi connectivity index (χ4n) is 2.64. The predicted octanol–water partition coefficient (Wildman–Crippen LogP) is 2.59. The zero-order valence-electron chi connectivity index (χ0n) is 13.4. The number of nitrogens with one attached hydrogen (secondary N) is 1. The van der Waals surface area contributed by atoms with Crippen molar-refractivity contribution in [3.8, 4) is 0 Å². The Labute approximate surface area is 128 Å². The largest absolute Gasteiger partial charge is 0.313 e. The van der Waals surface area contributed by atoms with Crippen molar-refractivity contribution in [3.63, 3.8) is 0 Å². The van der Waals surface area contributed by atoms with Gasteiger partial charge in [0, 0.05) is 19.6 Å². The van der Waals surface area contributed by atoms with Crippen LogP contribution < -0.4 is 5.32 Å². The molecule has 0 atom stereocenters. The number of rotatable bonds is 6. The highest BCUT2D eigenvalue weighted by Crippen LogP contribution is 2.30. The van der Waals surface area contributed by atoms with Gasteiger partial charge in [0.1, 0.15) is 0 Å². The molecule has 0 unspecified atom stereocenters. The highest BCUT2D eigenvalue weighted by atomic mass is 32.2. The fraction of sp³-hybridized carbons (Fsp3) is 0.625. The van der Waals surface area contributed by atoms with Gasteiger partial charge in [0.2, 0.25) is 10.0 Å². The summed E-state index contributed by atoms with van der Waals surface area (Å²) < 4.78 is 27.3. The molecule has 1 saturated carbocycles. The lowest BCUT2D eigenvalue weighted by Crippen LogP contribution is -2.41. The molecule has 0 aliphatic heterocycles. The standard InChI is InChI=1S/C16H26N2O2S/c1-5-17-11-14-9-12(2)13(3)16(10-14)21(19,20)18(4)15-7-6-8-15/h9-10,15,17H,5-8,11H2,1-4H3. The van der Waals surface area contributed by atoms with Crippen LogP contribution in [0, 0.1) is 13.8 Å². The summed E-state index contributed by atoms with van der Waals surface area (Å²) in [4.78, 5) is 0.463. The summed E-state index contributed by atoms with van der Waals surface area (Å²) in [6.07, 6.45) is 3.08. The molecule has 4 nitrogen and oxygen atoms in total. The van der Waals surface area contributed by atoms with Crippen molar-refractivity contribution in [1.82, 2.24) is 9.62 Å². The lowest BCUT2D eigenvalue weighted by Gasteiger charge is -2.34. The van der Waals surface area contributed by atoms with Gasteiger partial charge in [0.25, 0.3) is 0 Å². The van der Waals surface area contributed by atoms with E-state index in [9.17, 15) is 8.42 Å². The van der Waals surface area contributed by atoms with E-state index in [1.54, 1.807) is 11.4 Å². The van der Waals surface area contributed by atoms with E-state index >= 15 is 0 Å². The summed E-state index contributed by atoms with van der Waals surface area (Å²) in [7, 11) is -1.68. The molecule has 0 heterocycles. The fourth-order valence-corrected chi connectivity index (χ4v) is 4.40. The van der Waals surface area contributed by atoms with Crippen LogP contribution in [-0.2, 0) is 16.6 Å². The Morgan fingerprint density at radius 1 is 1.29 bits per heavy atom. The second-order valence-electron chi connectivity index (χ2n) is 5.92. The summed E-state index contributed by atoms with van der Waals surface area (Å²) in [6.45, 7) is 7.49. The molecule has 21 heavy (non-hydrogen) atoms. The van der Waals surface area contributed by atoms with Crippen LogP contribution in [0.25, 0.3) is 0 Å². The summed E-state index contributed by atoms with van der Waals surface area (Å²) in [6, 6.07) is 4.07. The van der Waals surface area contributed by atoms with E-state index in [2.05, 4.69) is 11.4 Å². The summed E-state index contributed by atoms with van der Waals surface area (Å²) in [5.74, 6) is 0. The second kappa shape index (κ2) is 6.46. The average Bonchev–Trinajstić information content (AvgIpc) is 2.37. The van der Waals surface area contributed by atoms with Gasteiger partial charge in [-0.3, -0.25) is 0 Å². The Morgan fingerprint density at radius 2 is 1.95 bits per heavy atom. The topological polar surface area (TPSA) is 49.4 Å². The summed E-state index contributed by atoms with van der Waals surface area (Å²) >= 11 is 0. The minimum absolute atomic E-state index is 0.173. The Hall–Kier alpha value is -0.910. The van der Waals surface area contributed by atoms with Crippen LogP contribution in [0.4, 0.5) is 0 Å². The first-order valence-corrected chi connectivity index (χ1v) is 9.10. The van der Waals surface area contributed by atoms with Crippen molar-refractivity contribution in [2.24, 2.45) is 0 Å². The number of hydrogen-bond acceptors (Lipinski definition) is 3. The number of benzene rings is 1. The van der Waals surface area contributed by atoms with Gasteiger partial charge in [-0.2, -0.15) is 4.31 Å². The number of aryl methyl sites for hydroxylation is 1. The van der Waals surface area contributed by atoms with E-state index in [0.717, 1.165) is 42.5 Å². The number of hydrogen-bond donors (Lipinski definition) is 1. The Kier molecular flexibility index (Phi) is 5.07. The number of nitrogens with zero attached hydrogens (tertiary/aromatic N) is 1. The van der Waals surface area contributed by atoms with Gasteiger partial charge in [-0.25, -0.2) is 8.42 Å². The summed E-state index contributed by atoms with van der Waals surface area (Å²) in [5, 5.41) is 3.26. The molecule has 1 fully saturated rings. The molecule has 0 amide bonds. The van der Waals surface area contributed by atoms with Gasteiger partial charge in [-0.15, -0.1) is 0 Å². The van der Waals surface area contributed by atoms with Crippen molar-refractivity contribution in [2.75, 3.05) is 13.6 Å². The van der Waals surface area contributed by atoms with Crippen LogP contribution in [0.3, 0.4) is 0 Å². The molecule has 1 N–H and O–H groups in total. The zero-order valence-corrected chi connectivity index (χ0v) is 14.3.